The minimum Gasteiger partial charge on any atom is -0.351 e. The SMILES string of the molecule is CC(CNC(=O)c1cc(NN)nc2ccccc12)S(C)=O. The van der Waals surface area contributed by atoms with Crippen molar-refractivity contribution < 1.29 is 9.00 Å². The quantitative estimate of drug-likeness (QED) is 0.566. The molecule has 7 heteroatoms. The zero-order valence-corrected chi connectivity index (χ0v) is 12.7. The van der Waals surface area contributed by atoms with Gasteiger partial charge < -0.3 is 10.7 Å². The van der Waals surface area contributed by atoms with E-state index in [9.17, 15) is 9.00 Å². The molecule has 0 fully saturated rings. The topological polar surface area (TPSA) is 97.1 Å². The summed E-state index contributed by atoms with van der Waals surface area (Å²) in [4.78, 5) is 16.6. The van der Waals surface area contributed by atoms with Crippen molar-refractivity contribution in [2.24, 2.45) is 5.84 Å². The molecule has 0 saturated heterocycles. The van der Waals surface area contributed by atoms with Gasteiger partial charge in [-0.1, -0.05) is 18.2 Å². The highest BCUT2D eigenvalue weighted by Gasteiger charge is 2.14. The number of para-hydroxylation sites is 1. The fourth-order valence-electron chi connectivity index (χ4n) is 1.89. The number of hydrogen-bond acceptors (Lipinski definition) is 5. The fraction of sp³-hybridized carbons (Fsp3) is 0.286. The first kappa shape index (κ1) is 15.4. The number of aromatic nitrogens is 1. The number of pyridine rings is 1. The summed E-state index contributed by atoms with van der Waals surface area (Å²) in [5, 5.41) is 3.44. The minimum atomic E-state index is -0.976. The molecule has 0 aliphatic rings. The molecule has 0 spiro atoms. The van der Waals surface area contributed by atoms with Crippen LogP contribution in [-0.4, -0.2) is 33.2 Å². The molecular formula is C14H18N4O2S. The molecule has 4 N–H and O–H groups in total. The highest BCUT2D eigenvalue weighted by molar-refractivity contribution is 7.84. The summed E-state index contributed by atoms with van der Waals surface area (Å²) in [5.74, 6) is 5.58. The number of carbonyl (C=O) groups is 1. The van der Waals surface area contributed by atoms with Crippen LogP contribution in [0.3, 0.4) is 0 Å². The van der Waals surface area contributed by atoms with Gasteiger partial charge in [-0.2, -0.15) is 0 Å². The molecule has 6 nitrogen and oxygen atoms in total. The van der Waals surface area contributed by atoms with Crippen molar-refractivity contribution in [2.45, 2.75) is 12.2 Å². The van der Waals surface area contributed by atoms with Gasteiger partial charge in [-0.05, 0) is 19.1 Å². The number of fused-ring (bicyclic) bond motifs is 1. The van der Waals surface area contributed by atoms with Crippen LogP contribution in [-0.2, 0) is 10.8 Å². The van der Waals surface area contributed by atoms with Crippen molar-refractivity contribution in [1.29, 1.82) is 0 Å². The molecule has 0 bridgehead atoms. The van der Waals surface area contributed by atoms with E-state index < -0.39 is 10.8 Å². The number of nitrogen functional groups attached to an aromatic ring is 1. The second-order valence-corrected chi connectivity index (χ2v) is 6.54. The molecule has 2 unspecified atom stereocenters. The zero-order chi connectivity index (χ0) is 15.4. The molecule has 1 aromatic carbocycles. The summed E-state index contributed by atoms with van der Waals surface area (Å²) in [6.45, 7) is 2.18. The molecular weight excluding hydrogens is 288 g/mol. The second-order valence-electron chi connectivity index (χ2n) is 4.74. The summed E-state index contributed by atoms with van der Waals surface area (Å²) in [7, 11) is -0.976. The predicted octanol–water partition coefficient (Wildman–Crippen LogP) is 1.02. The van der Waals surface area contributed by atoms with Crippen molar-refractivity contribution in [3.05, 3.63) is 35.9 Å². The first-order valence-electron chi connectivity index (χ1n) is 6.49. The van der Waals surface area contributed by atoms with Crippen LogP contribution in [0.2, 0.25) is 0 Å². The third-order valence-electron chi connectivity index (χ3n) is 3.23. The molecule has 2 rings (SSSR count). The highest BCUT2D eigenvalue weighted by atomic mass is 32.2. The van der Waals surface area contributed by atoms with Crippen LogP contribution in [0.5, 0.6) is 0 Å². The molecule has 0 aliphatic carbocycles. The van der Waals surface area contributed by atoms with E-state index in [0.717, 1.165) is 5.39 Å². The molecule has 0 saturated carbocycles. The number of nitrogens with two attached hydrogens (primary N) is 1. The predicted molar refractivity (Wildman–Crippen MR) is 85.4 cm³/mol. The largest absolute Gasteiger partial charge is 0.351 e. The number of rotatable bonds is 5. The number of carbonyl (C=O) groups excluding carboxylic acids is 1. The number of hydrazine groups is 1. The molecule has 0 radical (unpaired) electrons. The summed E-state index contributed by atoms with van der Waals surface area (Å²) >= 11 is 0. The Hall–Kier alpha value is -1.99. The van der Waals surface area contributed by atoms with E-state index in [2.05, 4.69) is 15.7 Å². The van der Waals surface area contributed by atoms with Gasteiger partial charge in [0.2, 0.25) is 0 Å². The molecule has 21 heavy (non-hydrogen) atoms. The number of nitrogens with one attached hydrogen (secondary N) is 2. The van der Waals surface area contributed by atoms with Gasteiger partial charge >= 0.3 is 0 Å². The lowest BCUT2D eigenvalue weighted by molar-refractivity contribution is 0.0955. The summed E-state index contributed by atoms with van der Waals surface area (Å²) in [6, 6.07) is 8.94. The Morgan fingerprint density at radius 3 is 2.81 bits per heavy atom. The maximum absolute atomic E-state index is 12.3. The van der Waals surface area contributed by atoms with E-state index in [1.807, 2.05) is 31.2 Å². The van der Waals surface area contributed by atoms with E-state index in [1.54, 1.807) is 12.3 Å². The molecule has 1 aromatic heterocycles. The Morgan fingerprint density at radius 1 is 1.43 bits per heavy atom. The molecule has 0 aliphatic heterocycles. The van der Waals surface area contributed by atoms with Gasteiger partial charge in [-0.25, -0.2) is 10.8 Å². The lowest BCUT2D eigenvalue weighted by Crippen LogP contribution is -2.32. The summed E-state index contributed by atoms with van der Waals surface area (Å²) < 4.78 is 11.3. The van der Waals surface area contributed by atoms with Gasteiger partial charge in [-0.15, -0.1) is 0 Å². The van der Waals surface area contributed by atoms with Crippen molar-refractivity contribution in [3.8, 4) is 0 Å². The number of hydrogen-bond donors (Lipinski definition) is 3. The molecule has 2 atom stereocenters. The van der Waals surface area contributed by atoms with Gasteiger partial charge in [0.1, 0.15) is 5.82 Å². The Kier molecular flexibility index (Phi) is 4.87. The van der Waals surface area contributed by atoms with E-state index >= 15 is 0 Å². The number of anilines is 1. The third-order valence-corrected chi connectivity index (χ3v) is 4.53. The molecule has 112 valence electrons. The number of amides is 1. The van der Waals surface area contributed by atoms with Crippen molar-refractivity contribution in [3.63, 3.8) is 0 Å². The average molecular weight is 306 g/mol. The molecule has 1 heterocycles. The van der Waals surface area contributed by atoms with Crippen molar-refractivity contribution in [2.75, 3.05) is 18.2 Å². The van der Waals surface area contributed by atoms with Crippen LogP contribution in [0.25, 0.3) is 10.9 Å². The van der Waals surface area contributed by atoms with Gasteiger partial charge in [0.15, 0.2) is 0 Å². The Labute approximate surface area is 125 Å². The van der Waals surface area contributed by atoms with Crippen molar-refractivity contribution >= 4 is 33.4 Å². The van der Waals surface area contributed by atoms with E-state index in [-0.39, 0.29) is 11.2 Å². The van der Waals surface area contributed by atoms with Crippen LogP contribution >= 0.6 is 0 Å². The number of nitrogens with zero attached hydrogens (tertiary/aromatic N) is 1. The number of benzene rings is 1. The maximum Gasteiger partial charge on any atom is 0.252 e. The Morgan fingerprint density at radius 2 is 2.14 bits per heavy atom. The second kappa shape index (κ2) is 6.64. The Balaban J connectivity index is 2.31. The van der Waals surface area contributed by atoms with Crippen LogP contribution in [0.1, 0.15) is 17.3 Å². The summed E-state index contributed by atoms with van der Waals surface area (Å²) in [5.41, 5.74) is 3.63. The van der Waals surface area contributed by atoms with E-state index in [1.165, 1.54) is 0 Å². The van der Waals surface area contributed by atoms with Gasteiger partial charge in [-0.3, -0.25) is 9.00 Å². The standard InChI is InChI=1S/C14H18N4O2S/c1-9(21(2)20)8-16-14(19)11-7-13(18-15)17-12-6-4-3-5-10(11)12/h3-7,9H,8,15H2,1-2H3,(H,16,19)(H,17,18). The van der Waals surface area contributed by atoms with Gasteiger partial charge in [0.05, 0.1) is 11.1 Å². The molecule has 1 amide bonds. The lowest BCUT2D eigenvalue weighted by Gasteiger charge is -2.12. The fourth-order valence-corrected chi connectivity index (χ4v) is 2.20. The first-order valence-corrected chi connectivity index (χ1v) is 8.12. The van der Waals surface area contributed by atoms with Gasteiger partial charge in [0.25, 0.3) is 5.91 Å². The first-order chi connectivity index (χ1) is 10.0. The average Bonchev–Trinajstić information content (AvgIpc) is 2.50. The van der Waals surface area contributed by atoms with Crippen LogP contribution in [0.4, 0.5) is 5.82 Å². The smallest absolute Gasteiger partial charge is 0.252 e. The van der Waals surface area contributed by atoms with E-state index in [0.29, 0.717) is 23.4 Å². The summed E-state index contributed by atoms with van der Waals surface area (Å²) in [6.07, 6.45) is 1.62. The Bertz CT molecular complexity index is 690. The van der Waals surface area contributed by atoms with Crippen LogP contribution < -0.4 is 16.6 Å². The van der Waals surface area contributed by atoms with E-state index in [4.69, 9.17) is 5.84 Å². The van der Waals surface area contributed by atoms with Gasteiger partial charge in [0, 0.05) is 34.2 Å². The highest BCUT2D eigenvalue weighted by Crippen LogP contribution is 2.20. The normalized spacial score (nSPS) is 13.7. The minimum absolute atomic E-state index is 0.103. The lowest BCUT2D eigenvalue weighted by atomic mass is 10.1. The maximum atomic E-state index is 12.3. The van der Waals surface area contributed by atoms with Crippen LogP contribution in [0.15, 0.2) is 30.3 Å². The molecule has 2 aromatic rings. The third kappa shape index (κ3) is 3.56. The zero-order valence-electron chi connectivity index (χ0n) is 11.9. The van der Waals surface area contributed by atoms with Crippen LogP contribution in [0, 0.1) is 0 Å². The monoisotopic (exact) mass is 306 g/mol. The van der Waals surface area contributed by atoms with Crippen molar-refractivity contribution in [1.82, 2.24) is 10.3 Å².